The molecule has 20 heavy (non-hydrogen) atoms. The van der Waals surface area contributed by atoms with Crippen LogP contribution in [-0.2, 0) is 16.6 Å². The molecule has 0 aliphatic heterocycles. The molecule has 0 radical (unpaired) electrons. The van der Waals surface area contributed by atoms with Crippen LogP contribution in [0.25, 0.3) is 0 Å². The van der Waals surface area contributed by atoms with Crippen molar-refractivity contribution < 1.29 is 8.42 Å². The summed E-state index contributed by atoms with van der Waals surface area (Å²) in [6.07, 6.45) is 3.48. The van der Waals surface area contributed by atoms with Crippen molar-refractivity contribution in [3.8, 4) is 0 Å². The van der Waals surface area contributed by atoms with Crippen molar-refractivity contribution in [3.63, 3.8) is 0 Å². The van der Waals surface area contributed by atoms with Gasteiger partial charge < -0.3 is 5.32 Å². The third kappa shape index (κ3) is 2.89. The summed E-state index contributed by atoms with van der Waals surface area (Å²) in [4.78, 5) is 0. The second-order valence-corrected chi connectivity index (χ2v) is 7.27. The Morgan fingerprint density at radius 3 is 2.65 bits per heavy atom. The number of aromatic nitrogens is 2. The lowest BCUT2D eigenvalue weighted by Crippen LogP contribution is -2.38. The molecule has 1 aromatic heterocycles. The van der Waals surface area contributed by atoms with Crippen LogP contribution in [0.1, 0.15) is 37.4 Å². The van der Waals surface area contributed by atoms with Crippen molar-refractivity contribution in [2.45, 2.75) is 44.7 Å². The molecule has 1 heterocycles. The summed E-state index contributed by atoms with van der Waals surface area (Å²) in [6, 6.07) is 0. The Bertz CT molecular complexity index is 549. The number of nitrogens with one attached hydrogen (secondary N) is 2. The standard InChI is InChI=1S/C13H24N4O2S/c1-4-17(9-11-6-5-7-11)20(18,19)13-12(8-14-3)10(2)15-16-13/h11,14H,4-9H2,1-3H3,(H,15,16). The van der Waals surface area contributed by atoms with E-state index in [9.17, 15) is 8.42 Å². The van der Waals surface area contributed by atoms with E-state index in [0.717, 1.165) is 24.1 Å². The SMILES string of the molecule is CCN(CC1CCC1)S(=O)(=O)c1n[nH]c(C)c1CNC. The molecular formula is C13H24N4O2S. The highest BCUT2D eigenvalue weighted by molar-refractivity contribution is 7.89. The fraction of sp³-hybridized carbons (Fsp3) is 0.769. The molecule has 0 bridgehead atoms. The first-order chi connectivity index (χ1) is 9.50. The molecule has 1 saturated carbocycles. The van der Waals surface area contributed by atoms with Gasteiger partial charge in [0.05, 0.1) is 0 Å². The number of H-pyrrole nitrogens is 1. The molecule has 6 nitrogen and oxygen atoms in total. The number of hydrogen-bond acceptors (Lipinski definition) is 4. The minimum absolute atomic E-state index is 0.172. The highest BCUT2D eigenvalue weighted by Gasteiger charge is 2.32. The summed E-state index contributed by atoms with van der Waals surface area (Å²) in [6.45, 7) is 5.33. The first kappa shape index (κ1) is 15.5. The third-order valence-corrected chi connectivity index (χ3v) is 5.93. The van der Waals surface area contributed by atoms with Gasteiger partial charge in [0.1, 0.15) is 0 Å². The van der Waals surface area contributed by atoms with Crippen molar-refractivity contribution in [2.24, 2.45) is 5.92 Å². The van der Waals surface area contributed by atoms with Crippen LogP contribution in [0.15, 0.2) is 5.03 Å². The Kier molecular flexibility index (Phi) is 4.82. The number of aromatic amines is 1. The molecule has 7 heteroatoms. The van der Waals surface area contributed by atoms with Crippen LogP contribution in [0.4, 0.5) is 0 Å². The van der Waals surface area contributed by atoms with Gasteiger partial charge in [0, 0.05) is 30.9 Å². The number of nitrogens with zero attached hydrogens (tertiary/aromatic N) is 2. The smallest absolute Gasteiger partial charge is 0.262 e. The molecule has 114 valence electrons. The predicted octanol–water partition coefficient (Wildman–Crippen LogP) is 1.25. The van der Waals surface area contributed by atoms with Gasteiger partial charge >= 0.3 is 0 Å². The van der Waals surface area contributed by atoms with Gasteiger partial charge in [0.15, 0.2) is 5.03 Å². The summed E-state index contributed by atoms with van der Waals surface area (Å²) in [7, 11) is -1.70. The molecule has 0 unspecified atom stereocenters. The van der Waals surface area contributed by atoms with Gasteiger partial charge in [0.2, 0.25) is 0 Å². The van der Waals surface area contributed by atoms with Crippen LogP contribution < -0.4 is 5.32 Å². The van der Waals surface area contributed by atoms with Crippen molar-refractivity contribution in [3.05, 3.63) is 11.3 Å². The molecule has 0 atom stereocenters. The topological polar surface area (TPSA) is 78.1 Å². The van der Waals surface area contributed by atoms with Crippen LogP contribution in [0.2, 0.25) is 0 Å². The zero-order chi connectivity index (χ0) is 14.8. The van der Waals surface area contributed by atoms with E-state index in [4.69, 9.17) is 0 Å². The number of rotatable bonds is 7. The summed E-state index contributed by atoms with van der Waals surface area (Å²) < 4.78 is 27.1. The summed E-state index contributed by atoms with van der Waals surface area (Å²) in [5.74, 6) is 0.512. The maximum Gasteiger partial charge on any atom is 0.262 e. The summed E-state index contributed by atoms with van der Waals surface area (Å²) >= 11 is 0. The van der Waals surface area contributed by atoms with Crippen LogP contribution in [0.3, 0.4) is 0 Å². The van der Waals surface area contributed by atoms with Gasteiger partial charge in [-0.25, -0.2) is 8.42 Å². The van der Waals surface area contributed by atoms with E-state index in [2.05, 4.69) is 15.5 Å². The van der Waals surface area contributed by atoms with E-state index in [1.165, 1.54) is 6.42 Å². The van der Waals surface area contributed by atoms with E-state index in [1.54, 1.807) is 11.4 Å². The Hall–Kier alpha value is -0.920. The second-order valence-electron chi connectivity index (χ2n) is 5.42. The molecule has 1 aromatic rings. The molecule has 0 amide bonds. The Balaban J connectivity index is 2.27. The second kappa shape index (κ2) is 6.24. The van der Waals surface area contributed by atoms with Crippen LogP contribution in [0.5, 0.6) is 0 Å². The van der Waals surface area contributed by atoms with Crippen molar-refractivity contribution in [2.75, 3.05) is 20.1 Å². The molecule has 0 saturated heterocycles. The number of hydrogen-bond donors (Lipinski definition) is 2. The minimum Gasteiger partial charge on any atom is -0.316 e. The first-order valence-corrected chi connectivity index (χ1v) is 8.63. The van der Waals surface area contributed by atoms with Crippen molar-refractivity contribution in [1.29, 1.82) is 0 Å². The van der Waals surface area contributed by atoms with Crippen LogP contribution in [-0.4, -0.2) is 43.1 Å². The number of aryl methyl sites for hydroxylation is 1. The van der Waals surface area contributed by atoms with E-state index in [-0.39, 0.29) is 5.03 Å². The normalized spacial score (nSPS) is 16.6. The maximum absolute atomic E-state index is 12.8. The first-order valence-electron chi connectivity index (χ1n) is 7.19. The average molecular weight is 300 g/mol. The Labute approximate surface area is 121 Å². The van der Waals surface area contributed by atoms with Gasteiger partial charge in [-0.2, -0.15) is 9.40 Å². The van der Waals surface area contributed by atoms with Gasteiger partial charge in [-0.1, -0.05) is 13.3 Å². The molecule has 2 rings (SSSR count). The monoisotopic (exact) mass is 300 g/mol. The predicted molar refractivity (Wildman–Crippen MR) is 77.9 cm³/mol. The fourth-order valence-corrected chi connectivity index (χ4v) is 4.20. The van der Waals surface area contributed by atoms with Gasteiger partial charge in [-0.3, -0.25) is 5.10 Å². The quantitative estimate of drug-likeness (QED) is 0.794. The Morgan fingerprint density at radius 2 is 2.15 bits per heavy atom. The molecule has 0 spiro atoms. The van der Waals surface area contributed by atoms with Gasteiger partial charge in [-0.05, 0) is 32.7 Å². The zero-order valence-electron chi connectivity index (χ0n) is 12.4. The number of sulfonamides is 1. The average Bonchev–Trinajstić information content (AvgIpc) is 2.71. The molecule has 0 aromatic carbocycles. The van der Waals surface area contributed by atoms with Crippen LogP contribution >= 0.6 is 0 Å². The van der Waals surface area contributed by atoms with Gasteiger partial charge in [0.25, 0.3) is 10.0 Å². The molecule has 1 aliphatic rings. The maximum atomic E-state index is 12.8. The van der Waals surface area contributed by atoms with E-state index in [1.807, 2.05) is 13.8 Å². The fourth-order valence-electron chi connectivity index (χ4n) is 2.51. The molecule has 2 N–H and O–H groups in total. The third-order valence-electron chi connectivity index (χ3n) is 4.01. The lowest BCUT2D eigenvalue weighted by atomic mass is 9.85. The highest BCUT2D eigenvalue weighted by Crippen LogP contribution is 2.29. The van der Waals surface area contributed by atoms with E-state index in [0.29, 0.717) is 25.6 Å². The highest BCUT2D eigenvalue weighted by atomic mass is 32.2. The largest absolute Gasteiger partial charge is 0.316 e. The van der Waals surface area contributed by atoms with E-state index < -0.39 is 10.0 Å². The van der Waals surface area contributed by atoms with Crippen molar-refractivity contribution in [1.82, 2.24) is 19.8 Å². The van der Waals surface area contributed by atoms with Crippen molar-refractivity contribution >= 4 is 10.0 Å². The van der Waals surface area contributed by atoms with Gasteiger partial charge in [-0.15, -0.1) is 0 Å². The van der Waals surface area contributed by atoms with Crippen LogP contribution in [0, 0.1) is 12.8 Å². The summed E-state index contributed by atoms with van der Waals surface area (Å²) in [5, 5.41) is 10.00. The molecular weight excluding hydrogens is 276 g/mol. The Morgan fingerprint density at radius 1 is 1.45 bits per heavy atom. The lowest BCUT2D eigenvalue weighted by molar-refractivity contribution is 0.249. The molecule has 1 aliphatic carbocycles. The minimum atomic E-state index is -3.50. The molecule has 1 fully saturated rings. The lowest BCUT2D eigenvalue weighted by Gasteiger charge is -2.30. The summed E-state index contributed by atoms with van der Waals surface area (Å²) in [5.41, 5.74) is 1.54. The van der Waals surface area contributed by atoms with E-state index >= 15 is 0 Å². The zero-order valence-corrected chi connectivity index (χ0v) is 13.3.